The zero-order valence-corrected chi connectivity index (χ0v) is 11.6. The van der Waals surface area contributed by atoms with Gasteiger partial charge < -0.3 is 9.84 Å². The molecule has 1 fully saturated rings. The van der Waals surface area contributed by atoms with Crippen LogP contribution in [0.5, 0.6) is 0 Å². The first-order valence-corrected chi connectivity index (χ1v) is 7.00. The number of rotatable bonds is 5. The molecule has 102 valence electrons. The van der Waals surface area contributed by atoms with E-state index in [2.05, 4.69) is 5.10 Å². The van der Waals surface area contributed by atoms with Gasteiger partial charge in [-0.05, 0) is 18.8 Å². The number of nitrogens with zero attached hydrogens (tertiary/aromatic N) is 2. The lowest BCUT2D eigenvalue weighted by atomic mass is 9.84. The van der Waals surface area contributed by atoms with E-state index in [4.69, 9.17) is 16.3 Å². The van der Waals surface area contributed by atoms with Crippen LogP contribution in [0.4, 0.5) is 0 Å². The van der Waals surface area contributed by atoms with Crippen LogP contribution < -0.4 is 0 Å². The van der Waals surface area contributed by atoms with Crippen molar-refractivity contribution in [2.24, 2.45) is 5.92 Å². The summed E-state index contributed by atoms with van der Waals surface area (Å²) in [5.41, 5.74) is 0.751. The Hall–Kier alpha value is -0.580. The zero-order chi connectivity index (χ0) is 13.0. The Kier molecular flexibility index (Phi) is 5.03. The minimum Gasteiger partial charge on any atom is -0.386 e. The Morgan fingerprint density at radius 3 is 2.89 bits per heavy atom. The van der Waals surface area contributed by atoms with Crippen molar-refractivity contribution in [2.75, 3.05) is 13.7 Å². The number of halogens is 1. The maximum Gasteiger partial charge on any atom is 0.0999 e. The summed E-state index contributed by atoms with van der Waals surface area (Å²) in [6.07, 6.45) is 6.94. The highest BCUT2D eigenvalue weighted by atomic mass is 35.5. The first kappa shape index (κ1) is 13.8. The summed E-state index contributed by atoms with van der Waals surface area (Å²) < 4.78 is 6.82. The molecule has 18 heavy (non-hydrogen) atoms. The van der Waals surface area contributed by atoms with E-state index in [9.17, 15) is 5.11 Å². The van der Waals surface area contributed by atoms with Crippen LogP contribution in [-0.2, 0) is 11.3 Å². The summed E-state index contributed by atoms with van der Waals surface area (Å²) in [6.45, 7) is 1.20. The van der Waals surface area contributed by atoms with E-state index in [-0.39, 0.29) is 0 Å². The summed E-state index contributed by atoms with van der Waals surface area (Å²) in [5.74, 6) is 0.314. The quantitative estimate of drug-likeness (QED) is 0.897. The Labute approximate surface area is 113 Å². The van der Waals surface area contributed by atoms with Crippen LogP contribution in [0.1, 0.15) is 43.9 Å². The lowest BCUT2D eigenvalue weighted by Gasteiger charge is -2.27. The summed E-state index contributed by atoms with van der Waals surface area (Å²) in [4.78, 5) is 0. The first-order chi connectivity index (χ1) is 8.74. The van der Waals surface area contributed by atoms with Gasteiger partial charge in [-0.2, -0.15) is 5.10 Å². The maximum atomic E-state index is 10.5. The molecule has 0 aromatic carbocycles. The van der Waals surface area contributed by atoms with Gasteiger partial charge in [0.1, 0.15) is 0 Å². The number of aliphatic hydroxyl groups excluding tert-OH is 1. The van der Waals surface area contributed by atoms with E-state index >= 15 is 0 Å². The van der Waals surface area contributed by atoms with E-state index < -0.39 is 6.10 Å². The third-order valence-electron chi connectivity index (χ3n) is 3.72. The molecule has 1 aromatic heterocycles. The van der Waals surface area contributed by atoms with Crippen molar-refractivity contribution in [3.8, 4) is 0 Å². The van der Waals surface area contributed by atoms with E-state index in [0.29, 0.717) is 24.1 Å². The first-order valence-electron chi connectivity index (χ1n) is 6.62. The van der Waals surface area contributed by atoms with Crippen molar-refractivity contribution >= 4 is 11.6 Å². The van der Waals surface area contributed by atoms with E-state index in [0.717, 1.165) is 18.5 Å². The average molecular weight is 273 g/mol. The number of methoxy groups -OCH3 is 1. The largest absolute Gasteiger partial charge is 0.386 e. The van der Waals surface area contributed by atoms with Crippen LogP contribution in [0, 0.1) is 5.92 Å². The fourth-order valence-electron chi connectivity index (χ4n) is 2.70. The monoisotopic (exact) mass is 272 g/mol. The molecule has 5 heteroatoms. The zero-order valence-electron chi connectivity index (χ0n) is 10.8. The Morgan fingerprint density at radius 1 is 1.50 bits per heavy atom. The van der Waals surface area contributed by atoms with Gasteiger partial charge in [0.25, 0.3) is 0 Å². The molecule has 1 unspecified atom stereocenters. The lowest BCUT2D eigenvalue weighted by Crippen LogP contribution is -2.20. The fraction of sp³-hybridized carbons (Fsp3) is 0.769. The molecule has 1 heterocycles. The number of ether oxygens (including phenoxy) is 1. The molecule has 0 saturated heterocycles. The van der Waals surface area contributed by atoms with Crippen molar-refractivity contribution in [3.05, 3.63) is 16.9 Å². The van der Waals surface area contributed by atoms with Crippen molar-refractivity contribution in [1.29, 1.82) is 0 Å². The molecule has 0 aliphatic heterocycles. The van der Waals surface area contributed by atoms with Gasteiger partial charge in [0.15, 0.2) is 0 Å². The molecular weight excluding hydrogens is 252 g/mol. The van der Waals surface area contributed by atoms with Gasteiger partial charge in [-0.3, -0.25) is 4.68 Å². The average Bonchev–Trinajstić information content (AvgIpc) is 2.77. The van der Waals surface area contributed by atoms with E-state index in [1.807, 2.05) is 0 Å². The highest BCUT2D eigenvalue weighted by Crippen LogP contribution is 2.36. The van der Waals surface area contributed by atoms with Gasteiger partial charge in [-0.25, -0.2) is 0 Å². The highest BCUT2D eigenvalue weighted by Gasteiger charge is 2.27. The molecule has 0 amide bonds. The SMILES string of the molecule is COCCn1ncc(Cl)c1C(O)C1CCCCC1. The highest BCUT2D eigenvalue weighted by molar-refractivity contribution is 6.31. The van der Waals surface area contributed by atoms with Gasteiger partial charge in [0, 0.05) is 7.11 Å². The Morgan fingerprint density at radius 2 is 2.22 bits per heavy atom. The smallest absolute Gasteiger partial charge is 0.0999 e. The second kappa shape index (κ2) is 6.55. The Bertz CT molecular complexity index is 375. The van der Waals surface area contributed by atoms with Crippen molar-refractivity contribution in [1.82, 2.24) is 9.78 Å². The predicted molar refractivity (Wildman–Crippen MR) is 70.6 cm³/mol. The van der Waals surface area contributed by atoms with Gasteiger partial charge in [-0.1, -0.05) is 30.9 Å². The molecule has 1 N–H and O–H groups in total. The molecule has 1 aliphatic rings. The van der Waals surface area contributed by atoms with E-state index in [1.165, 1.54) is 19.3 Å². The molecule has 0 spiro atoms. The van der Waals surface area contributed by atoms with E-state index in [1.54, 1.807) is 18.0 Å². The number of aliphatic hydroxyl groups is 1. The van der Waals surface area contributed by atoms with Crippen molar-refractivity contribution in [2.45, 2.75) is 44.8 Å². The standard InChI is InChI=1S/C13H21ClN2O2/c1-18-8-7-16-12(11(14)9-15-16)13(17)10-5-3-2-4-6-10/h9-10,13,17H,2-8H2,1H3. The molecule has 1 aromatic rings. The second-order valence-electron chi connectivity index (χ2n) is 4.94. The normalized spacial score (nSPS) is 19.1. The minimum atomic E-state index is -0.503. The van der Waals surface area contributed by atoms with Gasteiger partial charge in [0.2, 0.25) is 0 Å². The van der Waals surface area contributed by atoms with Crippen LogP contribution >= 0.6 is 11.6 Å². The topological polar surface area (TPSA) is 47.3 Å². The van der Waals surface area contributed by atoms with Crippen LogP contribution in [0.3, 0.4) is 0 Å². The molecule has 2 rings (SSSR count). The second-order valence-corrected chi connectivity index (χ2v) is 5.34. The molecule has 1 atom stereocenters. The van der Waals surface area contributed by atoms with Gasteiger partial charge in [-0.15, -0.1) is 0 Å². The van der Waals surface area contributed by atoms with Crippen molar-refractivity contribution in [3.63, 3.8) is 0 Å². The predicted octanol–water partition coefficient (Wildman–Crippen LogP) is 2.80. The van der Waals surface area contributed by atoms with Crippen molar-refractivity contribution < 1.29 is 9.84 Å². The van der Waals surface area contributed by atoms with Crippen LogP contribution in [0.15, 0.2) is 6.20 Å². The molecule has 4 nitrogen and oxygen atoms in total. The minimum absolute atomic E-state index is 0.314. The number of hydrogen-bond acceptors (Lipinski definition) is 3. The van der Waals surface area contributed by atoms with Crippen LogP contribution in [0.2, 0.25) is 5.02 Å². The number of aromatic nitrogens is 2. The summed E-state index contributed by atoms with van der Waals surface area (Å²) in [6, 6.07) is 0. The molecular formula is C13H21ClN2O2. The molecule has 0 bridgehead atoms. The molecule has 1 aliphatic carbocycles. The summed E-state index contributed by atoms with van der Waals surface area (Å²) in [7, 11) is 1.66. The van der Waals surface area contributed by atoms with Gasteiger partial charge in [0.05, 0.1) is 36.2 Å². The third-order valence-corrected chi connectivity index (χ3v) is 4.01. The van der Waals surface area contributed by atoms with Crippen LogP contribution in [-0.4, -0.2) is 28.6 Å². The molecule has 1 saturated carbocycles. The molecule has 0 radical (unpaired) electrons. The summed E-state index contributed by atoms with van der Waals surface area (Å²) in [5, 5.41) is 15.3. The third kappa shape index (κ3) is 3.05. The number of hydrogen-bond donors (Lipinski definition) is 1. The maximum absolute atomic E-state index is 10.5. The lowest BCUT2D eigenvalue weighted by molar-refractivity contribution is 0.0747. The fourth-order valence-corrected chi connectivity index (χ4v) is 2.95. The Balaban J connectivity index is 2.12. The van der Waals surface area contributed by atoms with Gasteiger partial charge >= 0.3 is 0 Å². The summed E-state index contributed by atoms with van der Waals surface area (Å²) >= 11 is 6.15. The van der Waals surface area contributed by atoms with Crippen LogP contribution in [0.25, 0.3) is 0 Å².